The van der Waals surface area contributed by atoms with Crippen molar-refractivity contribution in [1.82, 2.24) is 0 Å². The van der Waals surface area contributed by atoms with Gasteiger partial charge in [0.2, 0.25) is 0 Å². The van der Waals surface area contributed by atoms with E-state index in [1.54, 1.807) is 0 Å². The van der Waals surface area contributed by atoms with Gasteiger partial charge in [-0.3, -0.25) is 4.79 Å². The van der Waals surface area contributed by atoms with Crippen molar-refractivity contribution < 1.29 is 13.9 Å². The van der Waals surface area contributed by atoms with E-state index >= 15 is 0 Å². The Kier molecular flexibility index (Phi) is 5.34. The van der Waals surface area contributed by atoms with Gasteiger partial charge in [0.1, 0.15) is 11.3 Å². The summed E-state index contributed by atoms with van der Waals surface area (Å²) in [6.45, 7) is 4.57. The van der Waals surface area contributed by atoms with E-state index in [4.69, 9.17) is 9.15 Å². The van der Waals surface area contributed by atoms with Crippen molar-refractivity contribution in [3.8, 4) is 16.9 Å². The summed E-state index contributed by atoms with van der Waals surface area (Å²) in [6, 6.07) is 23.5. The van der Waals surface area contributed by atoms with Crippen LogP contribution in [0.3, 0.4) is 0 Å². The average Bonchev–Trinajstić information content (AvgIpc) is 3.11. The van der Waals surface area contributed by atoms with Crippen molar-refractivity contribution in [3.63, 3.8) is 0 Å². The van der Waals surface area contributed by atoms with Gasteiger partial charge in [-0.1, -0.05) is 55.5 Å². The summed E-state index contributed by atoms with van der Waals surface area (Å²) in [5.41, 5.74) is 4.39. The molecule has 146 valence electrons. The van der Waals surface area contributed by atoms with Crippen molar-refractivity contribution >= 4 is 22.6 Å². The van der Waals surface area contributed by atoms with Gasteiger partial charge >= 0.3 is 0 Å². The van der Waals surface area contributed by atoms with Crippen LogP contribution in [-0.4, -0.2) is 12.5 Å². The Morgan fingerprint density at radius 2 is 1.66 bits per heavy atom. The van der Waals surface area contributed by atoms with Crippen LogP contribution in [0.25, 0.3) is 22.1 Å². The first-order valence-corrected chi connectivity index (χ1v) is 9.79. The summed E-state index contributed by atoms with van der Waals surface area (Å²) in [4.78, 5) is 12.8. The number of amides is 1. The Bertz CT molecular complexity index is 1130. The van der Waals surface area contributed by atoms with Gasteiger partial charge in [0.05, 0.1) is 12.0 Å². The first kappa shape index (κ1) is 18.8. The van der Waals surface area contributed by atoms with E-state index in [0.29, 0.717) is 18.0 Å². The summed E-state index contributed by atoms with van der Waals surface area (Å²) in [6.07, 6.45) is 0.916. The van der Waals surface area contributed by atoms with E-state index in [-0.39, 0.29) is 5.91 Å². The van der Waals surface area contributed by atoms with Crippen LogP contribution in [0.2, 0.25) is 0 Å². The van der Waals surface area contributed by atoms with Crippen LogP contribution in [0.1, 0.15) is 29.5 Å². The van der Waals surface area contributed by atoms with Gasteiger partial charge in [-0.05, 0) is 48.7 Å². The van der Waals surface area contributed by atoms with Gasteiger partial charge in [-0.15, -0.1) is 0 Å². The molecule has 0 atom stereocenters. The number of carbonyl (C=O) groups excluding carboxylic acids is 1. The zero-order valence-electron chi connectivity index (χ0n) is 16.6. The molecule has 0 aliphatic carbocycles. The highest BCUT2D eigenvalue weighted by Gasteiger charge is 2.20. The Balaban J connectivity index is 1.57. The molecule has 4 rings (SSSR count). The molecule has 4 heteroatoms. The fraction of sp³-hybridized carbons (Fsp3) is 0.160. The van der Waals surface area contributed by atoms with Crippen LogP contribution < -0.4 is 10.1 Å². The van der Waals surface area contributed by atoms with E-state index < -0.39 is 0 Å². The Hall–Kier alpha value is -3.53. The molecule has 29 heavy (non-hydrogen) atoms. The molecular weight excluding hydrogens is 362 g/mol. The highest BCUT2D eigenvalue weighted by molar-refractivity contribution is 6.07. The standard InChI is InChI=1S/C25H23NO3/c1-3-16-28-21-10-7-11-22-23(21)17(2)24(29-22)25(27)26-20-14-12-19(13-15-20)18-8-5-4-6-9-18/h4-15H,3,16H2,1-2H3,(H,26,27). The number of nitrogens with one attached hydrogen (secondary N) is 1. The molecule has 0 bridgehead atoms. The van der Waals surface area contributed by atoms with E-state index in [1.807, 2.05) is 67.6 Å². The minimum Gasteiger partial charge on any atom is -0.493 e. The molecule has 0 aliphatic heterocycles. The van der Waals surface area contributed by atoms with Crippen molar-refractivity contribution in [1.29, 1.82) is 0 Å². The monoisotopic (exact) mass is 385 g/mol. The number of carbonyl (C=O) groups is 1. The third-order valence-electron chi connectivity index (χ3n) is 4.83. The molecule has 0 spiro atoms. The highest BCUT2D eigenvalue weighted by Crippen LogP contribution is 2.33. The van der Waals surface area contributed by atoms with Crippen LogP contribution in [0.4, 0.5) is 5.69 Å². The maximum atomic E-state index is 12.8. The van der Waals surface area contributed by atoms with Crippen molar-refractivity contribution in [2.45, 2.75) is 20.3 Å². The van der Waals surface area contributed by atoms with Gasteiger partial charge < -0.3 is 14.5 Å². The van der Waals surface area contributed by atoms with Gasteiger partial charge in [-0.25, -0.2) is 0 Å². The first-order chi connectivity index (χ1) is 14.2. The molecule has 1 amide bonds. The lowest BCUT2D eigenvalue weighted by Gasteiger charge is -2.07. The number of furan rings is 1. The number of rotatable bonds is 6. The Morgan fingerprint density at radius 3 is 2.38 bits per heavy atom. The quantitative estimate of drug-likeness (QED) is 0.415. The number of aryl methyl sites for hydroxylation is 1. The largest absolute Gasteiger partial charge is 0.493 e. The van der Waals surface area contributed by atoms with Crippen LogP contribution in [0.5, 0.6) is 5.75 Å². The topological polar surface area (TPSA) is 51.5 Å². The first-order valence-electron chi connectivity index (χ1n) is 9.79. The van der Waals surface area contributed by atoms with Crippen LogP contribution in [-0.2, 0) is 0 Å². The maximum Gasteiger partial charge on any atom is 0.291 e. The normalized spacial score (nSPS) is 10.8. The number of ether oxygens (including phenoxy) is 1. The predicted molar refractivity (Wildman–Crippen MR) is 117 cm³/mol. The maximum absolute atomic E-state index is 12.8. The van der Waals surface area contributed by atoms with Gasteiger partial charge in [0.25, 0.3) is 5.91 Å². The van der Waals surface area contributed by atoms with Crippen LogP contribution >= 0.6 is 0 Å². The molecule has 4 nitrogen and oxygen atoms in total. The summed E-state index contributed by atoms with van der Waals surface area (Å²) in [5, 5.41) is 3.78. The molecule has 0 saturated heterocycles. The molecule has 4 aromatic rings. The minimum atomic E-state index is -0.271. The second-order valence-corrected chi connectivity index (χ2v) is 6.93. The summed E-state index contributed by atoms with van der Waals surface area (Å²) in [5.74, 6) is 0.782. The predicted octanol–water partition coefficient (Wildman–Crippen LogP) is 6.45. The molecule has 1 heterocycles. The third-order valence-corrected chi connectivity index (χ3v) is 4.83. The van der Waals surface area contributed by atoms with Crippen molar-refractivity contribution in [2.75, 3.05) is 11.9 Å². The van der Waals surface area contributed by atoms with Crippen LogP contribution in [0.15, 0.2) is 77.2 Å². The highest BCUT2D eigenvalue weighted by atomic mass is 16.5. The zero-order valence-corrected chi connectivity index (χ0v) is 16.6. The number of hydrogen-bond acceptors (Lipinski definition) is 3. The lowest BCUT2D eigenvalue weighted by molar-refractivity contribution is 0.0998. The molecule has 3 aromatic carbocycles. The van der Waals surface area contributed by atoms with E-state index in [9.17, 15) is 4.79 Å². The lowest BCUT2D eigenvalue weighted by Crippen LogP contribution is -2.12. The fourth-order valence-corrected chi connectivity index (χ4v) is 3.38. The average molecular weight is 385 g/mol. The SMILES string of the molecule is CCCOc1cccc2oc(C(=O)Nc3ccc(-c4ccccc4)cc3)c(C)c12. The van der Waals surface area contributed by atoms with Gasteiger partial charge in [0, 0.05) is 11.3 Å². The number of fused-ring (bicyclic) bond motifs is 1. The molecule has 1 N–H and O–H groups in total. The molecule has 0 saturated carbocycles. The molecule has 0 fully saturated rings. The number of benzene rings is 3. The Labute approximate surface area is 170 Å². The van der Waals surface area contributed by atoms with Crippen molar-refractivity contribution in [2.24, 2.45) is 0 Å². The summed E-state index contributed by atoms with van der Waals surface area (Å²) in [7, 11) is 0. The van der Waals surface area contributed by atoms with E-state index in [1.165, 1.54) is 0 Å². The molecular formula is C25H23NO3. The molecule has 0 radical (unpaired) electrons. The number of hydrogen-bond donors (Lipinski definition) is 1. The van der Waals surface area contributed by atoms with Gasteiger partial charge in [0.15, 0.2) is 5.76 Å². The summed E-state index contributed by atoms with van der Waals surface area (Å²) < 4.78 is 11.7. The Morgan fingerprint density at radius 1 is 0.931 bits per heavy atom. The minimum absolute atomic E-state index is 0.271. The second-order valence-electron chi connectivity index (χ2n) is 6.93. The zero-order chi connectivity index (χ0) is 20.2. The fourth-order valence-electron chi connectivity index (χ4n) is 3.38. The molecule has 0 unspecified atom stereocenters. The van der Waals surface area contributed by atoms with Crippen LogP contribution in [0, 0.1) is 6.92 Å². The lowest BCUT2D eigenvalue weighted by atomic mass is 10.1. The van der Waals surface area contributed by atoms with E-state index in [2.05, 4.69) is 24.4 Å². The molecule has 0 aliphatic rings. The van der Waals surface area contributed by atoms with Crippen molar-refractivity contribution in [3.05, 3.63) is 84.1 Å². The molecule has 1 aromatic heterocycles. The van der Waals surface area contributed by atoms with Gasteiger partial charge in [-0.2, -0.15) is 0 Å². The van der Waals surface area contributed by atoms with E-state index in [0.717, 1.165) is 39.9 Å². The third kappa shape index (κ3) is 3.87. The number of anilines is 1. The summed E-state index contributed by atoms with van der Waals surface area (Å²) >= 11 is 0. The second kappa shape index (κ2) is 8.23. The smallest absolute Gasteiger partial charge is 0.291 e.